The molecule has 0 fully saturated rings. The van der Waals surface area contributed by atoms with Crippen molar-refractivity contribution in [1.82, 2.24) is 25.4 Å². The van der Waals surface area contributed by atoms with Crippen LogP contribution in [0.2, 0.25) is 0 Å². The van der Waals surface area contributed by atoms with Gasteiger partial charge in [-0.1, -0.05) is 0 Å². The summed E-state index contributed by atoms with van der Waals surface area (Å²) in [6.45, 7) is 7.37. The van der Waals surface area contributed by atoms with Crippen molar-refractivity contribution >= 4 is 17.7 Å². The highest BCUT2D eigenvalue weighted by Crippen LogP contribution is 1.99. The third kappa shape index (κ3) is 6.27. The first-order valence-corrected chi connectivity index (χ1v) is 8.59. The quantitative estimate of drug-likeness (QED) is 0.411. The molecule has 0 atom stereocenters. The van der Waals surface area contributed by atoms with Gasteiger partial charge in [-0.05, 0) is 38.7 Å². The van der Waals surface area contributed by atoms with Gasteiger partial charge in [-0.15, -0.1) is 10.2 Å². The molecule has 0 aliphatic carbocycles. The summed E-state index contributed by atoms with van der Waals surface area (Å²) >= 11 is 1.89. The van der Waals surface area contributed by atoms with Crippen LogP contribution in [0.4, 0.5) is 0 Å². The molecule has 0 aliphatic rings. The first-order chi connectivity index (χ1) is 9.81. The van der Waals surface area contributed by atoms with Crippen LogP contribution in [0.3, 0.4) is 0 Å². The van der Waals surface area contributed by atoms with Crippen molar-refractivity contribution in [2.75, 3.05) is 25.1 Å². The van der Waals surface area contributed by atoms with E-state index in [9.17, 15) is 0 Å². The third-order valence-corrected chi connectivity index (χ3v) is 3.52. The molecule has 0 radical (unpaired) electrons. The van der Waals surface area contributed by atoms with Gasteiger partial charge in [0, 0.05) is 19.6 Å². The molecule has 0 spiro atoms. The molecule has 6 nitrogen and oxygen atoms in total. The molecule has 1 aromatic rings. The van der Waals surface area contributed by atoms with E-state index in [1.807, 2.05) is 16.3 Å². The highest BCUT2D eigenvalue weighted by atomic mass is 32.2. The van der Waals surface area contributed by atoms with Gasteiger partial charge in [0.2, 0.25) is 0 Å². The minimum absolute atomic E-state index is 0.550. The topological polar surface area (TPSA) is 67.1 Å². The fraction of sp³-hybridized carbons (Fsp3) is 0.769. The first-order valence-electron chi connectivity index (χ1n) is 7.19. The number of unbranched alkanes of at least 4 members (excludes halogenated alkanes) is 1. The van der Waals surface area contributed by atoms with E-state index in [4.69, 9.17) is 0 Å². The third-order valence-electron chi connectivity index (χ3n) is 2.83. The number of nitrogens with one attached hydrogen (secondary N) is 2. The van der Waals surface area contributed by atoms with Gasteiger partial charge >= 0.3 is 0 Å². The first kappa shape index (κ1) is 16.8. The Morgan fingerprint density at radius 3 is 2.90 bits per heavy atom. The summed E-state index contributed by atoms with van der Waals surface area (Å²) in [7, 11) is 0. The van der Waals surface area contributed by atoms with Gasteiger partial charge in [-0.3, -0.25) is 0 Å². The predicted octanol–water partition coefficient (Wildman–Crippen LogP) is 1.50. The number of nitrogens with zero attached hydrogens (tertiary/aromatic N) is 4. The lowest BCUT2D eigenvalue weighted by Crippen LogP contribution is -2.37. The van der Waals surface area contributed by atoms with Crippen molar-refractivity contribution in [2.24, 2.45) is 4.99 Å². The summed E-state index contributed by atoms with van der Waals surface area (Å²) in [5.74, 6) is 2.96. The van der Waals surface area contributed by atoms with Crippen LogP contribution in [-0.2, 0) is 13.1 Å². The number of aryl methyl sites for hydroxylation is 1. The van der Waals surface area contributed by atoms with E-state index in [0.29, 0.717) is 6.54 Å². The molecule has 2 N–H and O–H groups in total. The number of aliphatic imine (C=N–C) groups is 1. The Balaban J connectivity index is 2.41. The molecule has 0 saturated heterocycles. The van der Waals surface area contributed by atoms with Crippen LogP contribution in [0, 0.1) is 0 Å². The molecule has 0 aliphatic heterocycles. The highest BCUT2D eigenvalue weighted by Gasteiger charge is 2.02. The van der Waals surface area contributed by atoms with Crippen molar-refractivity contribution < 1.29 is 0 Å². The number of aromatic nitrogens is 3. The van der Waals surface area contributed by atoms with Crippen LogP contribution >= 0.6 is 11.8 Å². The normalized spacial score (nSPS) is 11.7. The van der Waals surface area contributed by atoms with E-state index in [-0.39, 0.29) is 0 Å². The fourth-order valence-corrected chi connectivity index (χ4v) is 2.23. The molecular formula is C13H26N6S. The highest BCUT2D eigenvalue weighted by molar-refractivity contribution is 7.98. The van der Waals surface area contributed by atoms with E-state index in [2.05, 4.69) is 45.9 Å². The van der Waals surface area contributed by atoms with Gasteiger partial charge in [0.15, 0.2) is 11.8 Å². The van der Waals surface area contributed by atoms with E-state index in [1.54, 1.807) is 6.33 Å². The molecule has 20 heavy (non-hydrogen) atoms. The summed E-state index contributed by atoms with van der Waals surface area (Å²) in [4.78, 5) is 4.55. The fourth-order valence-electron chi connectivity index (χ4n) is 1.74. The summed E-state index contributed by atoms with van der Waals surface area (Å²) in [6.07, 6.45) is 6.28. The second kappa shape index (κ2) is 10.5. The van der Waals surface area contributed by atoms with E-state index in [0.717, 1.165) is 37.8 Å². The molecule has 1 heterocycles. The van der Waals surface area contributed by atoms with Crippen molar-refractivity contribution in [3.63, 3.8) is 0 Å². The van der Waals surface area contributed by atoms with Crippen LogP contribution in [0.15, 0.2) is 11.3 Å². The van der Waals surface area contributed by atoms with Gasteiger partial charge in [-0.25, -0.2) is 4.99 Å². The minimum Gasteiger partial charge on any atom is -0.357 e. The minimum atomic E-state index is 0.550. The van der Waals surface area contributed by atoms with E-state index < -0.39 is 0 Å². The monoisotopic (exact) mass is 298 g/mol. The maximum Gasteiger partial charge on any atom is 0.191 e. The maximum atomic E-state index is 4.55. The van der Waals surface area contributed by atoms with Crippen LogP contribution in [-0.4, -0.2) is 45.8 Å². The molecular weight excluding hydrogens is 272 g/mol. The molecule has 1 aromatic heterocycles. The Hall–Kier alpha value is -1.24. The summed E-state index contributed by atoms with van der Waals surface area (Å²) < 4.78 is 2.01. The molecule has 0 saturated carbocycles. The van der Waals surface area contributed by atoms with Crippen LogP contribution in [0.1, 0.15) is 32.5 Å². The van der Waals surface area contributed by atoms with Gasteiger partial charge in [0.25, 0.3) is 0 Å². The Kier molecular flexibility index (Phi) is 8.86. The zero-order chi connectivity index (χ0) is 14.6. The summed E-state index contributed by atoms with van der Waals surface area (Å²) in [6, 6.07) is 0. The van der Waals surface area contributed by atoms with Crippen LogP contribution in [0.25, 0.3) is 0 Å². The van der Waals surface area contributed by atoms with Crippen LogP contribution in [0.5, 0.6) is 0 Å². The zero-order valence-corrected chi connectivity index (χ0v) is 13.5. The van der Waals surface area contributed by atoms with E-state index >= 15 is 0 Å². The number of guanidine groups is 1. The number of rotatable bonds is 9. The summed E-state index contributed by atoms with van der Waals surface area (Å²) in [5.41, 5.74) is 0. The van der Waals surface area contributed by atoms with Crippen molar-refractivity contribution in [2.45, 2.75) is 39.8 Å². The Labute approximate surface area is 125 Å². The van der Waals surface area contributed by atoms with Gasteiger partial charge in [-0.2, -0.15) is 11.8 Å². The Morgan fingerprint density at radius 2 is 2.20 bits per heavy atom. The summed E-state index contributed by atoms with van der Waals surface area (Å²) in [5, 5.41) is 14.6. The Bertz CT molecular complexity index is 390. The molecule has 0 bridgehead atoms. The maximum absolute atomic E-state index is 4.55. The van der Waals surface area contributed by atoms with Crippen LogP contribution < -0.4 is 10.6 Å². The number of hydrogen-bond acceptors (Lipinski definition) is 4. The predicted molar refractivity (Wildman–Crippen MR) is 86.1 cm³/mol. The van der Waals surface area contributed by atoms with Gasteiger partial charge in [0.1, 0.15) is 12.9 Å². The largest absolute Gasteiger partial charge is 0.357 e. The molecule has 0 unspecified atom stereocenters. The van der Waals surface area contributed by atoms with E-state index in [1.165, 1.54) is 12.2 Å². The molecule has 0 amide bonds. The lowest BCUT2D eigenvalue weighted by molar-refractivity contribution is 0.690. The SMILES string of the molecule is CCNC(=NCc1nncn1CC)NCCCCSC. The van der Waals surface area contributed by atoms with Crippen molar-refractivity contribution in [1.29, 1.82) is 0 Å². The average molecular weight is 298 g/mol. The van der Waals surface area contributed by atoms with Crippen molar-refractivity contribution in [3.8, 4) is 0 Å². The smallest absolute Gasteiger partial charge is 0.191 e. The zero-order valence-electron chi connectivity index (χ0n) is 12.7. The average Bonchev–Trinajstić information content (AvgIpc) is 2.91. The molecule has 114 valence electrons. The second-order valence-electron chi connectivity index (χ2n) is 4.36. The second-order valence-corrected chi connectivity index (χ2v) is 5.34. The van der Waals surface area contributed by atoms with Gasteiger partial charge < -0.3 is 15.2 Å². The number of thioether (sulfide) groups is 1. The standard InChI is InChI=1S/C13H26N6S/c1-4-14-13(15-8-6-7-9-20-3)16-10-12-18-17-11-19(12)5-2/h11H,4-10H2,1-3H3,(H2,14,15,16). The van der Waals surface area contributed by atoms with Crippen molar-refractivity contribution in [3.05, 3.63) is 12.2 Å². The molecule has 7 heteroatoms. The number of hydrogen-bond donors (Lipinski definition) is 2. The lowest BCUT2D eigenvalue weighted by atomic mass is 10.3. The molecule has 1 rings (SSSR count). The van der Waals surface area contributed by atoms with Gasteiger partial charge in [0.05, 0.1) is 0 Å². The Morgan fingerprint density at radius 1 is 1.35 bits per heavy atom. The molecule has 0 aromatic carbocycles. The lowest BCUT2D eigenvalue weighted by Gasteiger charge is -2.11.